The highest BCUT2D eigenvalue weighted by molar-refractivity contribution is 8.00. The highest BCUT2D eigenvalue weighted by atomic mass is 32.2. The van der Waals surface area contributed by atoms with E-state index in [2.05, 4.69) is 0 Å². The Bertz CT molecular complexity index is 630. The minimum atomic E-state index is -4.28. The third kappa shape index (κ3) is 4.77. The van der Waals surface area contributed by atoms with E-state index >= 15 is 0 Å². The number of hydrogen-bond acceptors (Lipinski definition) is 4. The number of rotatable bonds is 5. The van der Waals surface area contributed by atoms with Gasteiger partial charge in [0.25, 0.3) is 0 Å². The molecule has 0 heterocycles. The van der Waals surface area contributed by atoms with Crippen LogP contribution in [0.4, 0.5) is 18.9 Å². The standard InChI is InChI=1S/C15H14F3NO2S/c1-20-14-8-11(4-7-13(14)19)21-9-10-2-5-12(6-3-10)22-15(16,17)18/h2-8H,9,19H2,1H3. The summed E-state index contributed by atoms with van der Waals surface area (Å²) in [6.07, 6.45) is 0. The molecular formula is C15H14F3NO2S. The summed E-state index contributed by atoms with van der Waals surface area (Å²) in [4.78, 5) is 0.144. The van der Waals surface area contributed by atoms with Gasteiger partial charge in [-0.2, -0.15) is 13.2 Å². The van der Waals surface area contributed by atoms with E-state index < -0.39 is 5.51 Å². The average Bonchev–Trinajstić information content (AvgIpc) is 2.46. The van der Waals surface area contributed by atoms with Crippen LogP contribution in [-0.2, 0) is 6.61 Å². The molecule has 0 spiro atoms. The van der Waals surface area contributed by atoms with Crippen molar-refractivity contribution in [1.29, 1.82) is 0 Å². The van der Waals surface area contributed by atoms with E-state index in [1.54, 1.807) is 30.3 Å². The second-order valence-corrected chi connectivity index (χ2v) is 5.52. The maximum Gasteiger partial charge on any atom is 0.446 e. The first-order chi connectivity index (χ1) is 10.4. The molecule has 118 valence electrons. The van der Waals surface area contributed by atoms with Crippen molar-refractivity contribution in [1.82, 2.24) is 0 Å². The van der Waals surface area contributed by atoms with Crippen molar-refractivity contribution < 1.29 is 22.6 Å². The first kappa shape index (κ1) is 16.4. The lowest BCUT2D eigenvalue weighted by atomic mass is 10.2. The second kappa shape index (κ2) is 6.83. The third-order valence-corrected chi connectivity index (χ3v) is 3.51. The van der Waals surface area contributed by atoms with E-state index in [0.29, 0.717) is 17.2 Å². The Kier molecular flexibility index (Phi) is 5.07. The fourth-order valence-corrected chi connectivity index (χ4v) is 2.27. The van der Waals surface area contributed by atoms with Gasteiger partial charge in [0.2, 0.25) is 0 Å². The molecule has 3 nitrogen and oxygen atoms in total. The maximum atomic E-state index is 12.2. The Balaban J connectivity index is 1.97. The van der Waals surface area contributed by atoms with Crippen LogP contribution >= 0.6 is 11.8 Å². The minimum absolute atomic E-state index is 0.141. The van der Waals surface area contributed by atoms with E-state index in [4.69, 9.17) is 15.2 Å². The Morgan fingerprint density at radius 3 is 2.36 bits per heavy atom. The van der Waals surface area contributed by atoms with Gasteiger partial charge in [-0.25, -0.2) is 0 Å². The van der Waals surface area contributed by atoms with Crippen LogP contribution in [0.5, 0.6) is 11.5 Å². The number of benzene rings is 2. The smallest absolute Gasteiger partial charge is 0.446 e. The fourth-order valence-electron chi connectivity index (χ4n) is 1.74. The van der Waals surface area contributed by atoms with Gasteiger partial charge in [0.05, 0.1) is 12.8 Å². The zero-order valence-electron chi connectivity index (χ0n) is 11.7. The van der Waals surface area contributed by atoms with Crippen molar-refractivity contribution in [2.45, 2.75) is 17.0 Å². The lowest BCUT2D eigenvalue weighted by Crippen LogP contribution is -2.00. The first-order valence-corrected chi connectivity index (χ1v) is 7.10. The van der Waals surface area contributed by atoms with Crippen molar-refractivity contribution in [3.05, 3.63) is 48.0 Å². The molecule has 0 atom stereocenters. The summed E-state index contributed by atoms with van der Waals surface area (Å²) in [7, 11) is 1.51. The molecule has 0 aliphatic rings. The van der Waals surface area contributed by atoms with E-state index in [0.717, 1.165) is 5.56 Å². The monoisotopic (exact) mass is 329 g/mol. The van der Waals surface area contributed by atoms with Crippen molar-refractivity contribution in [3.8, 4) is 11.5 Å². The quantitative estimate of drug-likeness (QED) is 0.649. The highest BCUT2D eigenvalue weighted by Crippen LogP contribution is 2.36. The normalized spacial score (nSPS) is 11.3. The molecule has 0 saturated carbocycles. The number of hydrogen-bond donors (Lipinski definition) is 1. The number of alkyl halides is 3. The average molecular weight is 329 g/mol. The molecular weight excluding hydrogens is 315 g/mol. The topological polar surface area (TPSA) is 44.5 Å². The number of nitrogen functional groups attached to an aromatic ring is 1. The number of thioether (sulfide) groups is 1. The van der Waals surface area contributed by atoms with Gasteiger partial charge >= 0.3 is 5.51 Å². The second-order valence-electron chi connectivity index (χ2n) is 4.38. The van der Waals surface area contributed by atoms with Crippen LogP contribution in [-0.4, -0.2) is 12.6 Å². The Labute approximate surface area is 130 Å². The summed E-state index contributed by atoms with van der Waals surface area (Å²) in [6, 6.07) is 11.1. The van der Waals surface area contributed by atoms with Gasteiger partial charge < -0.3 is 15.2 Å². The fraction of sp³-hybridized carbons (Fsp3) is 0.200. The summed E-state index contributed by atoms with van der Waals surface area (Å²) < 4.78 is 47.3. The summed E-state index contributed by atoms with van der Waals surface area (Å²) in [5, 5.41) is 0. The summed E-state index contributed by atoms with van der Waals surface area (Å²) in [6.45, 7) is 0.240. The van der Waals surface area contributed by atoms with Gasteiger partial charge in [-0.3, -0.25) is 0 Å². The number of anilines is 1. The van der Waals surface area contributed by atoms with Gasteiger partial charge in [-0.1, -0.05) is 12.1 Å². The summed E-state index contributed by atoms with van der Waals surface area (Å²) >= 11 is -0.141. The summed E-state index contributed by atoms with van der Waals surface area (Å²) in [5.41, 5.74) is 2.69. The van der Waals surface area contributed by atoms with Crippen LogP contribution in [0.2, 0.25) is 0 Å². The molecule has 2 N–H and O–H groups in total. The third-order valence-electron chi connectivity index (χ3n) is 2.77. The largest absolute Gasteiger partial charge is 0.494 e. The predicted molar refractivity (Wildman–Crippen MR) is 80.1 cm³/mol. The zero-order chi connectivity index (χ0) is 16.2. The molecule has 2 aromatic carbocycles. The SMILES string of the molecule is COc1cc(OCc2ccc(SC(F)(F)F)cc2)ccc1N. The minimum Gasteiger partial charge on any atom is -0.494 e. The molecule has 0 aliphatic heterocycles. The van der Waals surface area contributed by atoms with Gasteiger partial charge in [0.1, 0.15) is 18.1 Å². The van der Waals surface area contributed by atoms with E-state index in [9.17, 15) is 13.2 Å². The number of methoxy groups -OCH3 is 1. The lowest BCUT2D eigenvalue weighted by Gasteiger charge is -2.10. The zero-order valence-corrected chi connectivity index (χ0v) is 12.5. The van der Waals surface area contributed by atoms with Crippen LogP contribution in [0.1, 0.15) is 5.56 Å². The van der Waals surface area contributed by atoms with E-state index in [-0.39, 0.29) is 23.3 Å². The molecule has 2 rings (SSSR count). The first-order valence-electron chi connectivity index (χ1n) is 6.28. The van der Waals surface area contributed by atoms with Crippen LogP contribution in [0, 0.1) is 0 Å². The molecule has 0 unspecified atom stereocenters. The Morgan fingerprint density at radius 2 is 1.77 bits per heavy atom. The Morgan fingerprint density at radius 1 is 1.09 bits per heavy atom. The molecule has 0 aromatic heterocycles. The summed E-state index contributed by atoms with van der Waals surface area (Å²) in [5.74, 6) is 1.08. The van der Waals surface area contributed by atoms with Crippen LogP contribution in [0.3, 0.4) is 0 Å². The molecule has 22 heavy (non-hydrogen) atoms. The molecule has 0 amide bonds. The molecule has 0 aliphatic carbocycles. The van der Waals surface area contributed by atoms with E-state index in [1.165, 1.54) is 19.2 Å². The van der Waals surface area contributed by atoms with Crippen molar-refractivity contribution in [2.75, 3.05) is 12.8 Å². The van der Waals surface area contributed by atoms with Crippen molar-refractivity contribution in [2.24, 2.45) is 0 Å². The molecule has 0 bridgehead atoms. The van der Waals surface area contributed by atoms with Gasteiger partial charge in [0, 0.05) is 11.0 Å². The lowest BCUT2D eigenvalue weighted by molar-refractivity contribution is -0.0328. The molecule has 7 heteroatoms. The number of nitrogens with two attached hydrogens (primary N) is 1. The molecule has 0 fully saturated rings. The number of ether oxygens (including phenoxy) is 2. The van der Waals surface area contributed by atoms with Crippen molar-refractivity contribution in [3.63, 3.8) is 0 Å². The molecule has 2 aromatic rings. The van der Waals surface area contributed by atoms with Gasteiger partial charge in [0.15, 0.2) is 0 Å². The van der Waals surface area contributed by atoms with E-state index in [1.807, 2.05) is 0 Å². The van der Waals surface area contributed by atoms with Crippen molar-refractivity contribution >= 4 is 17.4 Å². The molecule has 0 saturated heterocycles. The Hall–Kier alpha value is -2.02. The van der Waals surface area contributed by atoms with Gasteiger partial charge in [-0.05, 0) is 41.6 Å². The highest BCUT2D eigenvalue weighted by Gasteiger charge is 2.28. The predicted octanol–water partition coefficient (Wildman–Crippen LogP) is 4.47. The molecule has 0 radical (unpaired) electrons. The van der Waals surface area contributed by atoms with Gasteiger partial charge in [-0.15, -0.1) is 0 Å². The number of halogens is 3. The van der Waals surface area contributed by atoms with Crippen LogP contribution < -0.4 is 15.2 Å². The van der Waals surface area contributed by atoms with Crippen LogP contribution in [0.15, 0.2) is 47.4 Å². The van der Waals surface area contributed by atoms with Crippen LogP contribution in [0.25, 0.3) is 0 Å². The maximum absolute atomic E-state index is 12.2.